The maximum Gasteiger partial charge on any atom is 0.417 e. The molecule has 0 heterocycles. The van der Waals surface area contributed by atoms with E-state index in [4.69, 9.17) is 17.3 Å². The number of primary amides is 1. The smallest absolute Gasteiger partial charge is 0.393 e. The van der Waals surface area contributed by atoms with Gasteiger partial charge in [0, 0.05) is 24.5 Å². The van der Waals surface area contributed by atoms with E-state index in [0.29, 0.717) is 18.5 Å². The Morgan fingerprint density at radius 3 is 2.69 bits per heavy atom. The Bertz CT molecular complexity index is 905. The van der Waals surface area contributed by atoms with Crippen LogP contribution in [0.5, 0.6) is 0 Å². The Kier molecular flexibility index (Phi) is 6.24. The van der Waals surface area contributed by atoms with Gasteiger partial charge in [0.15, 0.2) is 0 Å². The number of hydrogen-bond acceptors (Lipinski definition) is 3. The van der Waals surface area contributed by atoms with Crippen molar-refractivity contribution in [3.63, 3.8) is 0 Å². The van der Waals surface area contributed by atoms with Crippen LogP contribution in [0.15, 0.2) is 36.4 Å². The third-order valence-electron chi connectivity index (χ3n) is 4.91. The zero-order valence-corrected chi connectivity index (χ0v) is 16.2. The van der Waals surface area contributed by atoms with Crippen molar-refractivity contribution in [2.75, 3.05) is 23.3 Å². The molecule has 4 N–H and O–H groups in total. The second-order valence-corrected chi connectivity index (χ2v) is 7.37. The third kappa shape index (κ3) is 5.13. The summed E-state index contributed by atoms with van der Waals surface area (Å²) in [6.07, 6.45) is -2.97. The number of carbonyl (C=O) groups is 1. The third-order valence-corrected chi connectivity index (χ3v) is 5.24. The summed E-state index contributed by atoms with van der Waals surface area (Å²) < 4.78 is 38.9. The number of halogens is 4. The minimum absolute atomic E-state index is 0.153. The van der Waals surface area contributed by atoms with E-state index >= 15 is 0 Å². The first kappa shape index (κ1) is 21.3. The maximum absolute atomic E-state index is 13.0. The molecule has 3 rings (SSSR count). The quantitative estimate of drug-likeness (QED) is 0.669. The molecule has 0 saturated heterocycles. The Balaban J connectivity index is 1.70. The fourth-order valence-electron chi connectivity index (χ4n) is 3.42. The van der Waals surface area contributed by atoms with Crippen molar-refractivity contribution in [3.8, 4) is 0 Å². The number of aliphatic hydroxyl groups excluding tert-OH is 1. The van der Waals surface area contributed by atoms with E-state index in [0.717, 1.165) is 23.6 Å². The van der Waals surface area contributed by atoms with Gasteiger partial charge < -0.3 is 16.2 Å². The van der Waals surface area contributed by atoms with Gasteiger partial charge >= 0.3 is 12.2 Å². The summed E-state index contributed by atoms with van der Waals surface area (Å²) in [6.45, 7) is 0.336. The molecular weight excluding hydrogens is 407 g/mol. The molecule has 0 radical (unpaired) electrons. The lowest BCUT2D eigenvalue weighted by atomic mass is 9.89. The fraction of sp³-hybridized carbons (Fsp3) is 0.350. The monoisotopic (exact) mass is 427 g/mol. The highest BCUT2D eigenvalue weighted by Gasteiger charge is 2.33. The van der Waals surface area contributed by atoms with Crippen LogP contribution in [0, 0.1) is 0 Å². The highest BCUT2D eigenvalue weighted by atomic mass is 35.5. The molecule has 2 aromatic rings. The predicted octanol–water partition coefficient (Wildman–Crippen LogP) is 4.21. The molecule has 1 aliphatic carbocycles. The van der Waals surface area contributed by atoms with E-state index in [2.05, 4.69) is 5.32 Å². The highest BCUT2D eigenvalue weighted by molar-refractivity contribution is 6.31. The standard InChI is InChI=1S/C20H21ClF3N3O2/c21-18-6-3-14(11-17(18)20(22,23)24)26-7-8-27(19(25)29)15-4-1-12-2-5-16(28)10-13(12)9-15/h1,3-4,6,9,11,16,26,28H,2,5,7-8,10H2,(H2,25,29). The topological polar surface area (TPSA) is 78.6 Å². The van der Waals surface area contributed by atoms with E-state index in [1.54, 1.807) is 6.07 Å². The number of nitrogens with two attached hydrogens (primary N) is 1. The van der Waals surface area contributed by atoms with Crippen LogP contribution >= 0.6 is 11.6 Å². The summed E-state index contributed by atoms with van der Waals surface area (Å²) in [5.74, 6) is 0. The van der Waals surface area contributed by atoms with Crippen molar-refractivity contribution in [3.05, 3.63) is 58.1 Å². The lowest BCUT2D eigenvalue weighted by Gasteiger charge is -2.25. The number of anilines is 2. The molecule has 5 nitrogen and oxygen atoms in total. The molecule has 2 amide bonds. The number of urea groups is 1. The SMILES string of the molecule is NC(=O)N(CCNc1ccc(Cl)c(C(F)(F)F)c1)c1ccc2c(c1)CC(O)CC2. The predicted molar refractivity (Wildman–Crippen MR) is 106 cm³/mol. The van der Waals surface area contributed by atoms with E-state index in [1.807, 2.05) is 12.1 Å². The lowest BCUT2D eigenvalue weighted by Crippen LogP contribution is -2.39. The van der Waals surface area contributed by atoms with Gasteiger partial charge in [-0.3, -0.25) is 4.90 Å². The zero-order valence-electron chi connectivity index (χ0n) is 15.5. The van der Waals surface area contributed by atoms with Gasteiger partial charge in [-0.2, -0.15) is 13.2 Å². The zero-order chi connectivity index (χ0) is 21.2. The van der Waals surface area contributed by atoms with E-state index in [-0.39, 0.29) is 23.8 Å². The van der Waals surface area contributed by atoms with Gasteiger partial charge in [0.05, 0.1) is 16.7 Å². The number of rotatable bonds is 5. The van der Waals surface area contributed by atoms with Crippen molar-refractivity contribution in [2.45, 2.75) is 31.5 Å². The Hall–Kier alpha value is -2.45. The fourth-order valence-corrected chi connectivity index (χ4v) is 3.65. The van der Waals surface area contributed by atoms with Crippen LogP contribution in [0.2, 0.25) is 5.02 Å². The molecule has 1 unspecified atom stereocenters. The molecule has 2 aromatic carbocycles. The maximum atomic E-state index is 13.0. The average Bonchev–Trinajstić information content (AvgIpc) is 2.64. The molecule has 0 bridgehead atoms. The number of carbonyl (C=O) groups excluding carboxylic acids is 1. The minimum atomic E-state index is -4.55. The van der Waals surface area contributed by atoms with Crippen LogP contribution in [-0.4, -0.2) is 30.3 Å². The molecule has 0 fully saturated rings. The minimum Gasteiger partial charge on any atom is -0.393 e. The largest absolute Gasteiger partial charge is 0.417 e. The lowest BCUT2D eigenvalue weighted by molar-refractivity contribution is -0.137. The molecule has 0 saturated carbocycles. The van der Waals surface area contributed by atoms with Crippen molar-refractivity contribution in [2.24, 2.45) is 5.73 Å². The summed E-state index contributed by atoms with van der Waals surface area (Å²) in [5.41, 5.74) is 7.48. The number of alkyl halides is 3. The summed E-state index contributed by atoms with van der Waals surface area (Å²) in [6, 6.07) is 8.39. The van der Waals surface area contributed by atoms with Gasteiger partial charge in [-0.25, -0.2) is 4.79 Å². The number of nitrogens with one attached hydrogen (secondary N) is 1. The average molecular weight is 428 g/mol. The molecule has 0 spiro atoms. The van der Waals surface area contributed by atoms with E-state index in [1.165, 1.54) is 17.0 Å². The van der Waals surface area contributed by atoms with Crippen LogP contribution < -0.4 is 16.0 Å². The number of benzene rings is 2. The molecular formula is C20H21ClF3N3O2. The van der Waals surface area contributed by atoms with Gasteiger partial charge in [-0.15, -0.1) is 0 Å². The second-order valence-electron chi connectivity index (χ2n) is 6.96. The normalized spacial score (nSPS) is 16.2. The number of fused-ring (bicyclic) bond motifs is 1. The van der Waals surface area contributed by atoms with Crippen LogP contribution in [0.1, 0.15) is 23.1 Å². The van der Waals surface area contributed by atoms with Gasteiger partial charge in [-0.1, -0.05) is 17.7 Å². The Morgan fingerprint density at radius 2 is 2.00 bits per heavy atom. The first-order valence-corrected chi connectivity index (χ1v) is 9.50. The summed E-state index contributed by atoms with van der Waals surface area (Å²) >= 11 is 5.62. The Morgan fingerprint density at radius 1 is 1.24 bits per heavy atom. The van der Waals surface area contributed by atoms with Crippen LogP contribution in [0.4, 0.5) is 29.3 Å². The molecule has 0 aliphatic heterocycles. The van der Waals surface area contributed by atoms with Crippen molar-refractivity contribution >= 4 is 29.0 Å². The number of aryl methyl sites for hydroxylation is 1. The summed E-state index contributed by atoms with van der Waals surface area (Å²) in [4.78, 5) is 13.3. The molecule has 9 heteroatoms. The second kappa shape index (κ2) is 8.51. The van der Waals surface area contributed by atoms with Crippen LogP contribution in [0.25, 0.3) is 0 Å². The Labute approximate surface area is 171 Å². The van der Waals surface area contributed by atoms with Crippen molar-refractivity contribution in [1.29, 1.82) is 0 Å². The first-order valence-electron chi connectivity index (χ1n) is 9.12. The first-order chi connectivity index (χ1) is 13.6. The molecule has 1 aliphatic rings. The summed E-state index contributed by atoms with van der Waals surface area (Å²) in [5, 5.41) is 12.3. The van der Waals surface area contributed by atoms with E-state index in [9.17, 15) is 23.1 Å². The molecule has 29 heavy (non-hydrogen) atoms. The molecule has 156 valence electrons. The van der Waals surface area contributed by atoms with Crippen molar-refractivity contribution in [1.82, 2.24) is 0 Å². The number of aliphatic hydroxyl groups is 1. The van der Waals surface area contributed by atoms with Crippen molar-refractivity contribution < 1.29 is 23.1 Å². The number of nitrogens with zero attached hydrogens (tertiary/aromatic N) is 1. The molecule has 1 atom stereocenters. The van der Waals surface area contributed by atoms with E-state index < -0.39 is 23.9 Å². The van der Waals surface area contributed by atoms with Gasteiger partial charge in [0.2, 0.25) is 0 Å². The van der Waals surface area contributed by atoms with Crippen LogP contribution in [0.3, 0.4) is 0 Å². The summed E-state index contributed by atoms with van der Waals surface area (Å²) in [7, 11) is 0. The number of amides is 2. The number of hydrogen-bond donors (Lipinski definition) is 3. The van der Waals surface area contributed by atoms with Crippen LogP contribution in [-0.2, 0) is 19.0 Å². The van der Waals surface area contributed by atoms with Gasteiger partial charge in [-0.05, 0) is 60.7 Å². The molecule has 0 aromatic heterocycles. The highest BCUT2D eigenvalue weighted by Crippen LogP contribution is 2.36. The van der Waals surface area contributed by atoms with Gasteiger partial charge in [0.25, 0.3) is 0 Å². The van der Waals surface area contributed by atoms with Gasteiger partial charge in [0.1, 0.15) is 0 Å².